The van der Waals surface area contributed by atoms with Gasteiger partial charge in [0.25, 0.3) is 0 Å². The first-order valence-corrected chi connectivity index (χ1v) is 7.19. The molecule has 1 atom stereocenters. The van der Waals surface area contributed by atoms with Gasteiger partial charge >= 0.3 is 0 Å². The van der Waals surface area contributed by atoms with Gasteiger partial charge in [0.05, 0.1) is 0 Å². The van der Waals surface area contributed by atoms with Gasteiger partial charge in [-0.1, -0.05) is 41.4 Å². The summed E-state index contributed by atoms with van der Waals surface area (Å²) in [7, 11) is 1.94. The molecule has 0 aromatic heterocycles. The highest BCUT2D eigenvalue weighted by Crippen LogP contribution is 2.23. The van der Waals surface area contributed by atoms with E-state index in [1.165, 1.54) is 5.56 Å². The third-order valence-corrected chi connectivity index (χ3v) is 3.81. The fraction of sp³-hybridized carbons (Fsp3) is 0.250. The minimum Gasteiger partial charge on any atom is -0.489 e. The monoisotopic (exact) mass is 309 g/mol. The van der Waals surface area contributed by atoms with E-state index in [1.54, 1.807) is 6.07 Å². The summed E-state index contributed by atoms with van der Waals surface area (Å²) in [5, 5.41) is 4.45. The maximum Gasteiger partial charge on any atom is 0.119 e. The predicted molar refractivity (Wildman–Crippen MR) is 84.7 cm³/mol. The van der Waals surface area contributed by atoms with Gasteiger partial charge in [-0.2, -0.15) is 0 Å². The number of nitrogens with one attached hydrogen (secondary N) is 1. The smallest absolute Gasteiger partial charge is 0.119 e. The van der Waals surface area contributed by atoms with Crippen LogP contribution in [0.5, 0.6) is 5.75 Å². The molecule has 0 bridgehead atoms. The predicted octanol–water partition coefficient (Wildman–Crippen LogP) is 4.85. The van der Waals surface area contributed by atoms with Gasteiger partial charge in [0.15, 0.2) is 0 Å². The van der Waals surface area contributed by atoms with Crippen LogP contribution in [0.4, 0.5) is 0 Å². The summed E-state index contributed by atoms with van der Waals surface area (Å²) in [5.74, 6) is 0.822. The molecule has 4 heteroatoms. The van der Waals surface area contributed by atoms with Crippen molar-refractivity contribution in [3.63, 3.8) is 0 Å². The summed E-state index contributed by atoms with van der Waals surface area (Å²) in [6.45, 7) is 2.54. The Bertz CT molecular complexity index is 569. The normalized spacial score (nSPS) is 12.2. The molecule has 2 nitrogen and oxygen atoms in total. The second kappa shape index (κ2) is 6.98. The first-order valence-electron chi connectivity index (χ1n) is 6.44. The van der Waals surface area contributed by atoms with E-state index < -0.39 is 0 Å². The summed E-state index contributed by atoms with van der Waals surface area (Å²) in [6.07, 6.45) is 0. The molecule has 0 aliphatic rings. The number of rotatable bonds is 5. The standard InChI is InChI=1S/C16H17Cl2NO/c1-11(19-2)12-4-7-15(8-5-12)20-10-13-3-6-14(17)9-16(13)18/h3-9,11,19H,10H2,1-2H3. The van der Waals surface area contributed by atoms with E-state index >= 15 is 0 Å². The van der Waals surface area contributed by atoms with Crippen molar-refractivity contribution in [2.24, 2.45) is 0 Å². The summed E-state index contributed by atoms with van der Waals surface area (Å²) < 4.78 is 5.73. The van der Waals surface area contributed by atoms with Crippen molar-refractivity contribution >= 4 is 23.2 Å². The van der Waals surface area contributed by atoms with Crippen LogP contribution in [0.15, 0.2) is 42.5 Å². The number of ether oxygens (including phenoxy) is 1. The van der Waals surface area contributed by atoms with Crippen LogP contribution in [-0.4, -0.2) is 7.05 Å². The van der Waals surface area contributed by atoms with Crippen molar-refractivity contribution in [1.82, 2.24) is 5.32 Å². The molecule has 0 spiro atoms. The van der Waals surface area contributed by atoms with Gasteiger partial charge in [0.1, 0.15) is 12.4 Å². The largest absolute Gasteiger partial charge is 0.489 e. The summed E-state index contributed by atoms with van der Waals surface area (Å²) in [5.41, 5.74) is 2.15. The van der Waals surface area contributed by atoms with Crippen molar-refractivity contribution in [2.45, 2.75) is 19.6 Å². The summed E-state index contributed by atoms with van der Waals surface area (Å²) in [4.78, 5) is 0. The molecule has 2 rings (SSSR count). The van der Waals surface area contributed by atoms with E-state index in [0.29, 0.717) is 22.7 Å². The van der Waals surface area contributed by atoms with Crippen molar-refractivity contribution in [3.05, 3.63) is 63.6 Å². The molecule has 20 heavy (non-hydrogen) atoms. The average Bonchev–Trinajstić information content (AvgIpc) is 2.46. The van der Waals surface area contributed by atoms with E-state index in [2.05, 4.69) is 24.4 Å². The molecule has 1 unspecified atom stereocenters. The van der Waals surface area contributed by atoms with Crippen LogP contribution >= 0.6 is 23.2 Å². The van der Waals surface area contributed by atoms with E-state index in [0.717, 1.165) is 11.3 Å². The Morgan fingerprint density at radius 1 is 1.10 bits per heavy atom. The van der Waals surface area contributed by atoms with Gasteiger partial charge in [-0.3, -0.25) is 0 Å². The van der Waals surface area contributed by atoms with E-state index in [4.69, 9.17) is 27.9 Å². The summed E-state index contributed by atoms with van der Waals surface area (Å²) in [6, 6.07) is 13.8. The minimum atomic E-state index is 0.328. The summed E-state index contributed by atoms with van der Waals surface area (Å²) >= 11 is 12.0. The third kappa shape index (κ3) is 3.89. The van der Waals surface area contributed by atoms with E-state index in [1.807, 2.05) is 31.3 Å². The lowest BCUT2D eigenvalue weighted by atomic mass is 10.1. The van der Waals surface area contributed by atoms with Crippen LogP contribution in [0.2, 0.25) is 10.0 Å². The minimum absolute atomic E-state index is 0.328. The van der Waals surface area contributed by atoms with Crippen LogP contribution in [0.25, 0.3) is 0 Å². The van der Waals surface area contributed by atoms with Crippen molar-refractivity contribution < 1.29 is 4.74 Å². The molecule has 0 saturated carbocycles. The van der Waals surface area contributed by atoms with Crippen LogP contribution in [-0.2, 0) is 6.61 Å². The second-order valence-corrected chi connectivity index (χ2v) is 5.45. The number of hydrogen-bond donors (Lipinski definition) is 1. The van der Waals surface area contributed by atoms with E-state index in [-0.39, 0.29) is 0 Å². The average molecular weight is 310 g/mol. The van der Waals surface area contributed by atoms with Crippen molar-refractivity contribution in [2.75, 3.05) is 7.05 Å². The Balaban J connectivity index is 2.00. The van der Waals surface area contributed by atoms with Gasteiger partial charge in [0, 0.05) is 21.7 Å². The van der Waals surface area contributed by atoms with Gasteiger partial charge in [-0.25, -0.2) is 0 Å². The molecule has 0 heterocycles. The Labute approximate surface area is 129 Å². The first-order chi connectivity index (χ1) is 9.60. The molecule has 2 aromatic rings. The zero-order valence-corrected chi connectivity index (χ0v) is 13.0. The lowest BCUT2D eigenvalue weighted by Gasteiger charge is -2.12. The third-order valence-electron chi connectivity index (χ3n) is 3.22. The molecule has 0 aliphatic heterocycles. The van der Waals surface area contributed by atoms with Crippen molar-refractivity contribution in [1.29, 1.82) is 0 Å². The number of halogens is 2. The SMILES string of the molecule is CNC(C)c1ccc(OCc2ccc(Cl)cc2Cl)cc1. The Kier molecular flexibility index (Phi) is 5.30. The zero-order valence-electron chi connectivity index (χ0n) is 11.5. The fourth-order valence-electron chi connectivity index (χ4n) is 1.82. The highest BCUT2D eigenvalue weighted by Gasteiger charge is 2.04. The molecular formula is C16H17Cl2NO. The van der Waals surface area contributed by atoms with Gasteiger partial charge < -0.3 is 10.1 Å². The highest BCUT2D eigenvalue weighted by molar-refractivity contribution is 6.35. The molecule has 2 aromatic carbocycles. The lowest BCUT2D eigenvalue weighted by Crippen LogP contribution is -2.11. The number of hydrogen-bond acceptors (Lipinski definition) is 2. The Hall–Kier alpha value is -1.22. The fourth-order valence-corrected chi connectivity index (χ4v) is 2.28. The van der Waals surface area contributed by atoms with E-state index in [9.17, 15) is 0 Å². The van der Waals surface area contributed by atoms with Crippen LogP contribution in [0, 0.1) is 0 Å². The van der Waals surface area contributed by atoms with Crippen LogP contribution < -0.4 is 10.1 Å². The topological polar surface area (TPSA) is 21.3 Å². The van der Waals surface area contributed by atoms with Crippen LogP contribution in [0.1, 0.15) is 24.1 Å². The second-order valence-electron chi connectivity index (χ2n) is 4.60. The molecule has 106 valence electrons. The van der Waals surface area contributed by atoms with Gasteiger partial charge in [-0.15, -0.1) is 0 Å². The maximum absolute atomic E-state index is 6.11. The molecular weight excluding hydrogens is 293 g/mol. The molecule has 0 amide bonds. The lowest BCUT2D eigenvalue weighted by molar-refractivity contribution is 0.306. The molecule has 1 N–H and O–H groups in total. The van der Waals surface area contributed by atoms with Crippen molar-refractivity contribution in [3.8, 4) is 5.75 Å². The Morgan fingerprint density at radius 2 is 1.80 bits per heavy atom. The number of benzene rings is 2. The molecule has 0 saturated heterocycles. The zero-order chi connectivity index (χ0) is 14.5. The molecule has 0 aliphatic carbocycles. The van der Waals surface area contributed by atoms with Gasteiger partial charge in [-0.05, 0) is 43.8 Å². The van der Waals surface area contributed by atoms with Gasteiger partial charge in [0.2, 0.25) is 0 Å². The van der Waals surface area contributed by atoms with Crippen LogP contribution in [0.3, 0.4) is 0 Å². The molecule has 0 radical (unpaired) electrons. The quantitative estimate of drug-likeness (QED) is 0.852. The first kappa shape index (κ1) is 15.2. The Morgan fingerprint density at radius 3 is 2.40 bits per heavy atom. The molecule has 0 fully saturated rings. The highest BCUT2D eigenvalue weighted by atomic mass is 35.5. The maximum atomic E-state index is 6.11.